The lowest BCUT2D eigenvalue weighted by Crippen LogP contribution is -2.56. The van der Waals surface area contributed by atoms with Crippen LogP contribution in [-0.2, 0) is 16.1 Å². The Morgan fingerprint density at radius 1 is 0.846 bits per heavy atom. The highest BCUT2D eigenvalue weighted by Crippen LogP contribution is 2.50. The van der Waals surface area contributed by atoms with Gasteiger partial charge in [0, 0.05) is 63.9 Å². The summed E-state index contributed by atoms with van der Waals surface area (Å²) in [5, 5.41) is 14.2. The maximum atomic E-state index is 14.9. The Hall–Kier alpha value is -3.63. The monoisotopic (exact) mass is 573 g/mol. The molecule has 17 heteroatoms. The van der Waals surface area contributed by atoms with Gasteiger partial charge >= 0.3 is 24.3 Å². The first-order chi connectivity index (χ1) is 18.0. The fourth-order valence-electron chi connectivity index (χ4n) is 4.02. The van der Waals surface area contributed by atoms with Gasteiger partial charge in [-0.15, -0.1) is 0 Å². The number of piperidine rings is 1. The lowest BCUT2D eigenvalue weighted by atomic mass is 9.75. The number of hydrogen-bond acceptors (Lipinski definition) is 7. The molecule has 4 heterocycles. The topological polar surface area (TPSA) is 120 Å². The van der Waals surface area contributed by atoms with E-state index in [0.29, 0.717) is 45.0 Å². The summed E-state index contributed by atoms with van der Waals surface area (Å²) in [5.74, 6) is -7.49. The number of carboxylic acids is 2. The van der Waals surface area contributed by atoms with Crippen molar-refractivity contribution in [1.82, 2.24) is 19.9 Å². The van der Waals surface area contributed by atoms with E-state index in [1.165, 1.54) is 0 Å². The van der Waals surface area contributed by atoms with Gasteiger partial charge in [-0.3, -0.25) is 14.9 Å². The van der Waals surface area contributed by atoms with Crippen LogP contribution in [0.3, 0.4) is 0 Å². The molecule has 2 saturated heterocycles. The Kier molecular flexibility index (Phi) is 10.1. The summed E-state index contributed by atoms with van der Waals surface area (Å²) < 4.78 is 93.2. The highest BCUT2D eigenvalue weighted by atomic mass is 19.4. The molecule has 9 nitrogen and oxygen atoms in total. The molecule has 2 aromatic heterocycles. The molecule has 39 heavy (non-hydrogen) atoms. The highest BCUT2D eigenvalue weighted by Gasteiger charge is 2.59. The Labute approximate surface area is 216 Å². The molecule has 0 amide bonds. The molecule has 4 rings (SSSR count). The lowest BCUT2D eigenvalue weighted by Gasteiger charge is -2.46. The quantitative estimate of drug-likeness (QED) is 0.528. The van der Waals surface area contributed by atoms with E-state index in [1.54, 1.807) is 31.0 Å². The van der Waals surface area contributed by atoms with Crippen molar-refractivity contribution >= 4 is 17.8 Å². The van der Waals surface area contributed by atoms with Crippen LogP contribution in [0.5, 0.6) is 0 Å². The van der Waals surface area contributed by atoms with Gasteiger partial charge in [0.2, 0.25) is 0 Å². The lowest BCUT2D eigenvalue weighted by molar-refractivity contribution is -0.193. The third-order valence-corrected chi connectivity index (χ3v) is 5.91. The molecule has 2 aliphatic heterocycles. The van der Waals surface area contributed by atoms with Crippen molar-refractivity contribution in [3.05, 3.63) is 48.7 Å². The first kappa shape index (κ1) is 31.6. The van der Waals surface area contributed by atoms with Crippen molar-refractivity contribution in [3.63, 3.8) is 0 Å². The largest absolute Gasteiger partial charge is 0.490 e. The van der Waals surface area contributed by atoms with Crippen LogP contribution in [0.25, 0.3) is 0 Å². The molecule has 2 N–H and O–H groups in total. The van der Waals surface area contributed by atoms with Gasteiger partial charge in [-0.1, -0.05) is 0 Å². The Bertz CT molecular complexity index is 1070. The summed E-state index contributed by atoms with van der Waals surface area (Å²) in [6.45, 7) is 2.43. The molecule has 2 fully saturated rings. The fraction of sp³-hybridized carbons (Fsp3) is 0.500. The molecule has 0 saturated carbocycles. The second-order valence-electron chi connectivity index (χ2n) is 8.64. The number of anilines is 1. The number of aliphatic carboxylic acids is 2. The summed E-state index contributed by atoms with van der Waals surface area (Å²) in [7, 11) is 0. The van der Waals surface area contributed by atoms with E-state index >= 15 is 0 Å². The number of nitrogens with zero attached hydrogens (tertiary/aromatic N) is 5. The maximum Gasteiger partial charge on any atom is 0.490 e. The van der Waals surface area contributed by atoms with Gasteiger partial charge in [0.25, 0.3) is 5.92 Å². The highest BCUT2D eigenvalue weighted by molar-refractivity contribution is 5.73. The van der Waals surface area contributed by atoms with Crippen LogP contribution in [0, 0.1) is 5.41 Å². The third kappa shape index (κ3) is 8.97. The average Bonchev–Trinajstić information content (AvgIpc) is 3.28. The molecule has 0 aliphatic carbocycles. The SMILES string of the molecule is FC1(F)CCN(Cc2ccncc2)CC12CCN(c1cnccn1)C2.O=C(O)C(F)(F)F.O=C(O)C(F)(F)F. The van der Waals surface area contributed by atoms with Gasteiger partial charge < -0.3 is 15.1 Å². The summed E-state index contributed by atoms with van der Waals surface area (Å²) in [6, 6.07) is 3.89. The number of hydrogen-bond donors (Lipinski definition) is 2. The van der Waals surface area contributed by atoms with Gasteiger partial charge in [-0.05, 0) is 24.1 Å². The van der Waals surface area contributed by atoms with Crippen molar-refractivity contribution < 1.29 is 54.9 Å². The van der Waals surface area contributed by atoms with Gasteiger partial charge in [0.1, 0.15) is 5.82 Å². The molecule has 0 radical (unpaired) electrons. The van der Waals surface area contributed by atoms with E-state index in [0.717, 1.165) is 5.56 Å². The van der Waals surface area contributed by atoms with Crippen molar-refractivity contribution in [1.29, 1.82) is 0 Å². The second kappa shape index (κ2) is 12.5. The van der Waals surface area contributed by atoms with Crippen LogP contribution in [-0.4, -0.2) is 86.5 Å². The van der Waals surface area contributed by atoms with Crippen LogP contribution >= 0.6 is 0 Å². The molecule has 2 aliphatic rings. The van der Waals surface area contributed by atoms with Crippen LogP contribution in [0.15, 0.2) is 43.1 Å². The average molecular weight is 573 g/mol. The Morgan fingerprint density at radius 3 is 1.90 bits per heavy atom. The molecule has 216 valence electrons. The third-order valence-electron chi connectivity index (χ3n) is 5.91. The number of halogens is 8. The zero-order chi connectivity index (χ0) is 29.5. The molecule has 1 spiro atoms. The standard InChI is InChI=1S/C18H21F2N5.2C2HF3O2/c19-18(20)4-9-24(12-15-1-5-21-6-2-15)13-17(18)3-10-25(14-17)16-11-22-7-8-23-16;2*3-2(4,5)1(6)7/h1-2,5-8,11H,3-4,9-10,12-14H2;2*(H,6,7). The predicted molar refractivity (Wildman–Crippen MR) is 118 cm³/mol. The minimum absolute atomic E-state index is 0.0909. The fourth-order valence-corrected chi connectivity index (χ4v) is 4.02. The summed E-state index contributed by atoms with van der Waals surface area (Å²) in [4.78, 5) is 34.2. The van der Waals surface area contributed by atoms with Gasteiger partial charge in [-0.2, -0.15) is 26.3 Å². The zero-order valence-electron chi connectivity index (χ0n) is 20.0. The van der Waals surface area contributed by atoms with Gasteiger partial charge in [-0.25, -0.2) is 23.4 Å². The minimum Gasteiger partial charge on any atom is -0.475 e. The Balaban J connectivity index is 0.000000317. The predicted octanol–water partition coefficient (Wildman–Crippen LogP) is 3.88. The minimum atomic E-state index is -5.08. The molecule has 1 unspecified atom stereocenters. The summed E-state index contributed by atoms with van der Waals surface area (Å²) in [6.07, 6.45) is -1.44. The number of carbonyl (C=O) groups is 2. The zero-order valence-corrected chi connectivity index (χ0v) is 20.0. The molecule has 2 aromatic rings. The Morgan fingerprint density at radius 2 is 1.41 bits per heavy atom. The first-order valence-corrected chi connectivity index (χ1v) is 11.1. The molecule has 0 bridgehead atoms. The molecule has 0 aromatic carbocycles. The number of carboxylic acid groups (broad SMARTS) is 2. The van der Waals surface area contributed by atoms with Crippen molar-refractivity contribution in [2.45, 2.75) is 37.7 Å². The van der Waals surface area contributed by atoms with E-state index < -0.39 is 35.6 Å². The molecular formula is C22H23F8N5O4. The summed E-state index contributed by atoms with van der Waals surface area (Å²) in [5.41, 5.74) is 0.0923. The van der Waals surface area contributed by atoms with Gasteiger partial charge in [0.15, 0.2) is 0 Å². The van der Waals surface area contributed by atoms with E-state index in [9.17, 15) is 35.1 Å². The van der Waals surface area contributed by atoms with E-state index in [2.05, 4.69) is 19.9 Å². The number of likely N-dealkylation sites (tertiary alicyclic amines) is 1. The molecule has 1 atom stereocenters. The van der Waals surface area contributed by atoms with Crippen LogP contribution < -0.4 is 4.90 Å². The number of aromatic nitrogens is 3. The smallest absolute Gasteiger partial charge is 0.475 e. The number of pyridine rings is 1. The van der Waals surface area contributed by atoms with Crippen molar-refractivity contribution in [2.24, 2.45) is 5.41 Å². The first-order valence-electron chi connectivity index (χ1n) is 11.1. The van der Waals surface area contributed by atoms with Crippen molar-refractivity contribution in [2.75, 3.05) is 31.1 Å². The normalized spacial score (nSPS) is 20.9. The van der Waals surface area contributed by atoms with Crippen LogP contribution in [0.4, 0.5) is 40.9 Å². The van der Waals surface area contributed by atoms with Crippen LogP contribution in [0.1, 0.15) is 18.4 Å². The summed E-state index contributed by atoms with van der Waals surface area (Å²) >= 11 is 0. The number of alkyl halides is 8. The number of rotatable bonds is 3. The van der Waals surface area contributed by atoms with Crippen molar-refractivity contribution in [3.8, 4) is 0 Å². The van der Waals surface area contributed by atoms with E-state index in [4.69, 9.17) is 19.8 Å². The maximum absolute atomic E-state index is 14.9. The van der Waals surface area contributed by atoms with Gasteiger partial charge in [0.05, 0.1) is 11.6 Å². The van der Waals surface area contributed by atoms with Crippen LogP contribution in [0.2, 0.25) is 0 Å². The second-order valence-corrected chi connectivity index (χ2v) is 8.64. The van der Waals surface area contributed by atoms with E-state index in [-0.39, 0.29) is 6.42 Å². The molecular weight excluding hydrogens is 550 g/mol. The van der Waals surface area contributed by atoms with E-state index in [1.807, 2.05) is 17.0 Å².